The predicted octanol–water partition coefficient (Wildman–Crippen LogP) is 3.29. The first kappa shape index (κ1) is 16.5. The summed E-state index contributed by atoms with van der Waals surface area (Å²) in [7, 11) is 0. The van der Waals surface area contributed by atoms with Crippen LogP contribution in [0.4, 0.5) is 0 Å². The zero-order chi connectivity index (χ0) is 17.1. The van der Waals surface area contributed by atoms with Crippen molar-refractivity contribution in [3.63, 3.8) is 0 Å². The van der Waals surface area contributed by atoms with Crippen LogP contribution in [-0.4, -0.2) is 29.3 Å². The van der Waals surface area contributed by atoms with E-state index in [1.54, 1.807) is 24.3 Å². The molecule has 3 rings (SSSR count). The van der Waals surface area contributed by atoms with Gasteiger partial charge in [-0.2, -0.15) is 0 Å². The summed E-state index contributed by atoms with van der Waals surface area (Å²) >= 11 is 6.25. The topological polar surface area (TPSA) is 63.4 Å². The fraction of sp³-hybridized carbons (Fsp3) is 0.263. The van der Waals surface area contributed by atoms with Gasteiger partial charge < -0.3 is 10.6 Å². The molecule has 0 radical (unpaired) electrons. The second-order valence-corrected chi connectivity index (χ2v) is 6.44. The van der Waals surface area contributed by atoms with E-state index in [9.17, 15) is 9.59 Å². The lowest BCUT2D eigenvalue weighted by Gasteiger charge is -2.25. The summed E-state index contributed by atoms with van der Waals surface area (Å²) in [5.74, 6) is -0.507. The summed E-state index contributed by atoms with van der Waals surface area (Å²) < 4.78 is 0. The van der Waals surface area contributed by atoms with Crippen LogP contribution in [0.5, 0.6) is 0 Å². The smallest absolute Gasteiger partial charge is 0.254 e. The van der Waals surface area contributed by atoms with Gasteiger partial charge in [-0.25, -0.2) is 0 Å². The van der Waals surface area contributed by atoms with E-state index in [1.165, 1.54) is 0 Å². The van der Waals surface area contributed by atoms with Crippen molar-refractivity contribution in [2.24, 2.45) is 5.73 Å². The minimum absolute atomic E-state index is 0.0134. The second-order valence-electron chi connectivity index (χ2n) is 6.03. The Kier molecular flexibility index (Phi) is 4.86. The standard InChI is InChI=1S/C19H19ClN2O2/c20-17-6-2-1-4-15(17)12-16-5-3-11-22(16)19(24)14-9-7-13(8-10-14)18(21)23/h1-2,4,6-10,16H,3,5,11-12H2,(H2,21,23)/t16-/m1/s1. The molecule has 4 nitrogen and oxygen atoms in total. The number of nitrogens with two attached hydrogens (primary N) is 1. The third kappa shape index (κ3) is 3.44. The van der Waals surface area contributed by atoms with Crippen LogP contribution in [0.1, 0.15) is 39.1 Å². The van der Waals surface area contributed by atoms with Crippen molar-refractivity contribution in [3.8, 4) is 0 Å². The number of benzene rings is 2. The summed E-state index contributed by atoms with van der Waals surface area (Å²) in [6, 6.07) is 14.4. The molecule has 1 saturated heterocycles. The number of nitrogens with zero attached hydrogens (tertiary/aromatic N) is 1. The molecule has 0 spiro atoms. The normalized spacial score (nSPS) is 17.0. The number of primary amides is 1. The summed E-state index contributed by atoms with van der Waals surface area (Å²) in [6.07, 6.45) is 2.71. The van der Waals surface area contributed by atoms with Crippen LogP contribution in [0.25, 0.3) is 0 Å². The van der Waals surface area contributed by atoms with Crippen LogP contribution < -0.4 is 5.73 Å². The molecule has 24 heavy (non-hydrogen) atoms. The number of amides is 2. The summed E-state index contributed by atoms with van der Waals surface area (Å²) in [5, 5.41) is 0.739. The van der Waals surface area contributed by atoms with Gasteiger partial charge in [-0.1, -0.05) is 29.8 Å². The number of hydrogen-bond acceptors (Lipinski definition) is 2. The van der Waals surface area contributed by atoms with Crippen molar-refractivity contribution in [3.05, 3.63) is 70.2 Å². The van der Waals surface area contributed by atoms with Crippen molar-refractivity contribution in [1.82, 2.24) is 4.90 Å². The number of hydrogen-bond donors (Lipinski definition) is 1. The van der Waals surface area contributed by atoms with Gasteiger partial charge in [0.05, 0.1) is 0 Å². The first-order valence-corrected chi connectivity index (χ1v) is 8.38. The molecule has 5 heteroatoms. The Labute approximate surface area is 146 Å². The highest BCUT2D eigenvalue weighted by atomic mass is 35.5. The van der Waals surface area contributed by atoms with Crippen LogP contribution in [0.15, 0.2) is 48.5 Å². The van der Waals surface area contributed by atoms with Crippen LogP contribution in [-0.2, 0) is 6.42 Å². The maximum absolute atomic E-state index is 12.8. The summed E-state index contributed by atoms with van der Waals surface area (Å²) in [4.78, 5) is 25.8. The van der Waals surface area contributed by atoms with Crippen molar-refractivity contribution in [2.45, 2.75) is 25.3 Å². The van der Waals surface area contributed by atoms with E-state index < -0.39 is 5.91 Å². The highest BCUT2D eigenvalue weighted by Crippen LogP contribution is 2.26. The SMILES string of the molecule is NC(=O)c1ccc(C(=O)N2CCC[C@@H]2Cc2ccccc2Cl)cc1. The van der Waals surface area contributed by atoms with Gasteiger partial charge in [0.15, 0.2) is 0 Å². The highest BCUT2D eigenvalue weighted by molar-refractivity contribution is 6.31. The maximum atomic E-state index is 12.8. The Balaban J connectivity index is 1.76. The number of likely N-dealkylation sites (tertiary alicyclic amines) is 1. The van der Waals surface area contributed by atoms with Crippen molar-refractivity contribution in [2.75, 3.05) is 6.54 Å². The fourth-order valence-electron chi connectivity index (χ4n) is 3.18. The highest BCUT2D eigenvalue weighted by Gasteiger charge is 2.29. The third-order valence-electron chi connectivity index (χ3n) is 4.47. The van der Waals surface area contributed by atoms with Crippen LogP contribution in [0, 0.1) is 0 Å². The first-order valence-electron chi connectivity index (χ1n) is 8.00. The second kappa shape index (κ2) is 7.05. The van der Waals surface area contributed by atoms with Gasteiger partial charge in [-0.05, 0) is 55.2 Å². The average Bonchev–Trinajstić information content (AvgIpc) is 3.04. The van der Waals surface area contributed by atoms with Crippen molar-refractivity contribution >= 4 is 23.4 Å². The van der Waals surface area contributed by atoms with E-state index in [2.05, 4.69) is 0 Å². The molecule has 2 aromatic rings. The zero-order valence-electron chi connectivity index (χ0n) is 13.2. The van der Waals surface area contributed by atoms with E-state index in [1.807, 2.05) is 29.2 Å². The molecule has 2 aromatic carbocycles. The number of halogens is 1. The maximum Gasteiger partial charge on any atom is 0.254 e. The lowest BCUT2D eigenvalue weighted by Crippen LogP contribution is -2.36. The van der Waals surface area contributed by atoms with Crippen LogP contribution in [0.2, 0.25) is 5.02 Å². The van der Waals surface area contributed by atoms with Gasteiger partial charge in [-0.3, -0.25) is 9.59 Å². The van der Waals surface area contributed by atoms with Gasteiger partial charge in [0.1, 0.15) is 0 Å². The minimum atomic E-state index is -0.494. The number of carbonyl (C=O) groups excluding carboxylic acids is 2. The molecule has 1 aliphatic heterocycles. The Hall–Kier alpha value is -2.33. The van der Waals surface area contributed by atoms with Gasteiger partial charge in [0.2, 0.25) is 5.91 Å². The summed E-state index contributed by atoms with van der Waals surface area (Å²) in [6.45, 7) is 0.742. The van der Waals surface area contributed by atoms with E-state index >= 15 is 0 Å². The van der Waals surface area contributed by atoms with Gasteiger partial charge in [-0.15, -0.1) is 0 Å². The lowest BCUT2D eigenvalue weighted by molar-refractivity contribution is 0.0736. The van der Waals surface area contributed by atoms with E-state index in [0.717, 1.165) is 36.4 Å². The Morgan fingerprint density at radius 3 is 2.42 bits per heavy atom. The van der Waals surface area contributed by atoms with Crippen LogP contribution >= 0.6 is 11.6 Å². The minimum Gasteiger partial charge on any atom is -0.366 e. The molecule has 1 fully saturated rings. The average molecular weight is 343 g/mol. The largest absolute Gasteiger partial charge is 0.366 e. The Morgan fingerprint density at radius 1 is 1.08 bits per heavy atom. The van der Waals surface area contributed by atoms with Crippen molar-refractivity contribution < 1.29 is 9.59 Å². The summed E-state index contributed by atoms with van der Waals surface area (Å²) in [5.41, 5.74) is 7.28. The molecule has 1 aliphatic rings. The molecule has 1 heterocycles. The van der Waals surface area contributed by atoms with Gasteiger partial charge in [0, 0.05) is 28.7 Å². The van der Waals surface area contributed by atoms with E-state index in [-0.39, 0.29) is 11.9 Å². The molecule has 124 valence electrons. The quantitative estimate of drug-likeness (QED) is 0.926. The first-order chi connectivity index (χ1) is 11.6. The fourth-order valence-corrected chi connectivity index (χ4v) is 3.39. The molecule has 0 saturated carbocycles. The van der Waals surface area contributed by atoms with Gasteiger partial charge >= 0.3 is 0 Å². The number of carbonyl (C=O) groups is 2. The molecule has 2 N–H and O–H groups in total. The molecule has 2 amide bonds. The molecule has 0 bridgehead atoms. The monoisotopic (exact) mass is 342 g/mol. The molecule has 0 unspecified atom stereocenters. The third-order valence-corrected chi connectivity index (χ3v) is 4.84. The zero-order valence-corrected chi connectivity index (χ0v) is 14.0. The molecular weight excluding hydrogens is 324 g/mol. The molecule has 0 aliphatic carbocycles. The van der Waals surface area contributed by atoms with E-state index in [4.69, 9.17) is 17.3 Å². The van der Waals surface area contributed by atoms with E-state index in [0.29, 0.717) is 11.1 Å². The Morgan fingerprint density at radius 2 is 1.75 bits per heavy atom. The molecular formula is C19H19ClN2O2. The van der Waals surface area contributed by atoms with Gasteiger partial charge in [0.25, 0.3) is 5.91 Å². The lowest BCUT2D eigenvalue weighted by atomic mass is 10.0. The van der Waals surface area contributed by atoms with Crippen molar-refractivity contribution in [1.29, 1.82) is 0 Å². The predicted molar refractivity (Wildman–Crippen MR) is 94.2 cm³/mol. The molecule has 1 atom stereocenters. The number of rotatable bonds is 4. The molecule has 0 aromatic heterocycles. The van der Waals surface area contributed by atoms with Crippen LogP contribution in [0.3, 0.4) is 0 Å². The Bertz CT molecular complexity index is 758.